The highest BCUT2D eigenvalue weighted by atomic mass is 79.9. The van der Waals surface area contributed by atoms with E-state index in [1.807, 2.05) is 10.6 Å². The summed E-state index contributed by atoms with van der Waals surface area (Å²) in [6.07, 6.45) is 0.949. The van der Waals surface area contributed by atoms with Crippen molar-refractivity contribution in [1.29, 1.82) is 0 Å². The first-order valence-corrected chi connectivity index (χ1v) is 6.14. The van der Waals surface area contributed by atoms with Crippen LogP contribution in [0.2, 0.25) is 0 Å². The molecule has 0 spiro atoms. The van der Waals surface area contributed by atoms with Crippen LogP contribution >= 0.6 is 15.9 Å². The number of carbonyl (C=O) groups is 3. The number of nitrogens with one attached hydrogen (secondary N) is 2. The zero-order valence-electron chi connectivity index (χ0n) is 10.0. The van der Waals surface area contributed by atoms with E-state index in [4.69, 9.17) is 0 Å². The van der Waals surface area contributed by atoms with Crippen molar-refractivity contribution in [3.63, 3.8) is 0 Å². The molecule has 0 unspecified atom stereocenters. The molecular weight excluding hydrogens is 350 g/mol. The number of urea groups is 1. The fourth-order valence-electron chi connectivity index (χ4n) is 1.58. The zero-order chi connectivity index (χ0) is 15.7. The maximum atomic E-state index is 11.5. The number of barbiturate groups is 1. The van der Waals surface area contributed by atoms with Gasteiger partial charge < -0.3 is 5.11 Å². The molecule has 108 valence electrons. The minimum absolute atomic E-state index is 0.0243. The standard InChI is InChI=1S/C11H6BrN3O6/c12-7-3-5(15(20)21)1-4(8(7)16)2-6-9(17)13-11(19)14-10(6)18/h1-3,16H,(H2,13,14,17,18,19). The molecule has 9 nitrogen and oxygen atoms in total. The zero-order valence-corrected chi connectivity index (χ0v) is 11.6. The molecule has 0 aromatic heterocycles. The molecule has 2 rings (SSSR count). The van der Waals surface area contributed by atoms with Crippen molar-refractivity contribution >= 4 is 45.5 Å². The van der Waals surface area contributed by atoms with Crippen LogP contribution < -0.4 is 10.6 Å². The summed E-state index contributed by atoms with van der Waals surface area (Å²) in [5, 5.41) is 24.3. The van der Waals surface area contributed by atoms with Crippen LogP contribution in [0.15, 0.2) is 22.2 Å². The Morgan fingerprint density at radius 3 is 2.29 bits per heavy atom. The van der Waals surface area contributed by atoms with E-state index in [0.717, 1.165) is 18.2 Å². The van der Waals surface area contributed by atoms with Crippen LogP contribution in [0.1, 0.15) is 5.56 Å². The van der Waals surface area contributed by atoms with Crippen molar-refractivity contribution < 1.29 is 24.4 Å². The number of amides is 4. The van der Waals surface area contributed by atoms with Gasteiger partial charge in [0.1, 0.15) is 11.3 Å². The molecule has 0 radical (unpaired) electrons. The van der Waals surface area contributed by atoms with Crippen molar-refractivity contribution in [1.82, 2.24) is 10.6 Å². The number of phenols is 1. The average Bonchev–Trinajstić information content (AvgIpc) is 2.37. The van der Waals surface area contributed by atoms with Gasteiger partial charge in [0, 0.05) is 17.7 Å². The third kappa shape index (κ3) is 2.89. The molecular formula is C11H6BrN3O6. The summed E-state index contributed by atoms with van der Waals surface area (Å²) in [6.45, 7) is 0. The molecule has 0 bridgehead atoms. The molecule has 1 aliphatic rings. The minimum atomic E-state index is -0.967. The van der Waals surface area contributed by atoms with E-state index in [-0.39, 0.29) is 21.5 Å². The predicted molar refractivity (Wildman–Crippen MR) is 72.1 cm³/mol. The van der Waals surface area contributed by atoms with E-state index in [2.05, 4.69) is 15.9 Å². The van der Waals surface area contributed by atoms with Gasteiger partial charge in [0.2, 0.25) is 0 Å². The van der Waals surface area contributed by atoms with Gasteiger partial charge in [-0.05, 0) is 22.0 Å². The van der Waals surface area contributed by atoms with Gasteiger partial charge in [-0.25, -0.2) is 4.79 Å². The average molecular weight is 356 g/mol. The van der Waals surface area contributed by atoms with Gasteiger partial charge in [-0.15, -0.1) is 0 Å². The van der Waals surface area contributed by atoms with Crippen LogP contribution in [0.5, 0.6) is 5.75 Å². The van der Waals surface area contributed by atoms with Gasteiger partial charge in [0.05, 0.1) is 9.40 Å². The Morgan fingerprint density at radius 1 is 1.19 bits per heavy atom. The molecule has 1 fully saturated rings. The van der Waals surface area contributed by atoms with Crippen molar-refractivity contribution in [3.05, 3.63) is 37.9 Å². The highest BCUT2D eigenvalue weighted by Gasteiger charge is 2.28. The molecule has 1 saturated heterocycles. The number of hydrogen-bond donors (Lipinski definition) is 3. The number of aromatic hydroxyl groups is 1. The third-order valence-corrected chi connectivity index (χ3v) is 3.14. The normalized spacial score (nSPS) is 14.5. The molecule has 1 heterocycles. The predicted octanol–water partition coefficient (Wildman–Crippen LogP) is 0.812. The molecule has 0 saturated carbocycles. The number of nitro benzene ring substituents is 1. The summed E-state index contributed by atoms with van der Waals surface area (Å²) in [7, 11) is 0. The minimum Gasteiger partial charge on any atom is -0.506 e. The Morgan fingerprint density at radius 2 is 1.76 bits per heavy atom. The second-order valence-electron chi connectivity index (χ2n) is 3.92. The summed E-state index contributed by atoms with van der Waals surface area (Å²) in [5.41, 5.74) is -0.928. The molecule has 1 aromatic rings. The number of carbonyl (C=O) groups excluding carboxylic acids is 3. The first-order chi connectivity index (χ1) is 9.79. The van der Waals surface area contributed by atoms with Crippen molar-refractivity contribution in [3.8, 4) is 5.75 Å². The van der Waals surface area contributed by atoms with Crippen LogP contribution in [-0.4, -0.2) is 27.9 Å². The van der Waals surface area contributed by atoms with Crippen molar-refractivity contribution in [2.24, 2.45) is 0 Å². The second-order valence-corrected chi connectivity index (χ2v) is 4.77. The molecule has 1 aromatic carbocycles. The molecule has 3 N–H and O–H groups in total. The SMILES string of the molecule is O=C1NC(=O)C(=Cc2cc([N+](=O)[O-])cc(Br)c2O)C(=O)N1. The maximum Gasteiger partial charge on any atom is 0.328 e. The fourth-order valence-corrected chi connectivity index (χ4v) is 2.05. The van der Waals surface area contributed by atoms with E-state index >= 15 is 0 Å². The molecule has 0 aliphatic carbocycles. The number of hydrogen-bond acceptors (Lipinski definition) is 6. The first-order valence-electron chi connectivity index (χ1n) is 5.35. The molecule has 10 heteroatoms. The number of imide groups is 2. The van der Waals surface area contributed by atoms with E-state index in [0.29, 0.717) is 0 Å². The molecule has 21 heavy (non-hydrogen) atoms. The maximum absolute atomic E-state index is 11.5. The van der Waals surface area contributed by atoms with Gasteiger partial charge in [0.15, 0.2) is 0 Å². The summed E-state index contributed by atoms with van der Waals surface area (Å²) in [6, 6.07) is 1.10. The summed E-state index contributed by atoms with van der Waals surface area (Å²) < 4.78 is 0.0243. The Bertz CT molecular complexity index is 705. The number of halogens is 1. The smallest absolute Gasteiger partial charge is 0.328 e. The Hall–Kier alpha value is -2.75. The number of nitrogens with zero attached hydrogens (tertiary/aromatic N) is 1. The number of non-ortho nitro benzene ring substituents is 1. The lowest BCUT2D eigenvalue weighted by atomic mass is 10.1. The van der Waals surface area contributed by atoms with Gasteiger partial charge in [0.25, 0.3) is 17.5 Å². The topological polar surface area (TPSA) is 139 Å². The summed E-state index contributed by atoms with van der Waals surface area (Å²) in [4.78, 5) is 44.1. The number of rotatable bonds is 2. The number of nitro groups is 1. The Balaban J connectivity index is 2.54. The monoisotopic (exact) mass is 355 g/mol. The van der Waals surface area contributed by atoms with E-state index in [1.165, 1.54) is 0 Å². The van der Waals surface area contributed by atoms with Gasteiger partial charge in [-0.3, -0.25) is 30.3 Å². The summed E-state index contributed by atoms with van der Waals surface area (Å²) >= 11 is 2.93. The lowest BCUT2D eigenvalue weighted by Crippen LogP contribution is -2.51. The molecule has 0 atom stereocenters. The lowest BCUT2D eigenvalue weighted by molar-refractivity contribution is -0.385. The van der Waals surface area contributed by atoms with E-state index < -0.39 is 28.3 Å². The van der Waals surface area contributed by atoms with Crippen LogP contribution in [0, 0.1) is 10.1 Å². The van der Waals surface area contributed by atoms with Crippen LogP contribution in [0.3, 0.4) is 0 Å². The van der Waals surface area contributed by atoms with Crippen LogP contribution in [-0.2, 0) is 9.59 Å². The highest BCUT2D eigenvalue weighted by molar-refractivity contribution is 9.10. The lowest BCUT2D eigenvalue weighted by Gasteiger charge is -2.14. The first kappa shape index (κ1) is 14.7. The van der Waals surface area contributed by atoms with Crippen molar-refractivity contribution in [2.75, 3.05) is 0 Å². The third-order valence-electron chi connectivity index (χ3n) is 2.53. The number of phenolic OH excluding ortho intramolecular Hbond substituents is 1. The van der Waals surface area contributed by atoms with E-state index in [9.17, 15) is 29.6 Å². The fraction of sp³-hybridized carbons (Fsp3) is 0. The van der Waals surface area contributed by atoms with E-state index in [1.54, 1.807) is 0 Å². The quantitative estimate of drug-likeness (QED) is 0.310. The largest absolute Gasteiger partial charge is 0.506 e. The molecule has 1 aliphatic heterocycles. The van der Waals surface area contributed by atoms with Gasteiger partial charge >= 0.3 is 6.03 Å². The molecule has 4 amide bonds. The Kier molecular flexibility index (Phi) is 3.72. The van der Waals surface area contributed by atoms with Gasteiger partial charge in [-0.1, -0.05) is 0 Å². The Labute approximate surface area is 124 Å². The van der Waals surface area contributed by atoms with Gasteiger partial charge in [-0.2, -0.15) is 0 Å². The second kappa shape index (κ2) is 5.32. The highest BCUT2D eigenvalue weighted by Crippen LogP contribution is 2.34. The van der Waals surface area contributed by atoms with Crippen LogP contribution in [0.25, 0.3) is 6.08 Å². The number of benzene rings is 1. The van der Waals surface area contributed by atoms with Crippen molar-refractivity contribution in [2.45, 2.75) is 0 Å². The summed E-state index contributed by atoms with van der Waals surface area (Å²) in [5.74, 6) is -2.32. The van der Waals surface area contributed by atoms with Crippen LogP contribution in [0.4, 0.5) is 10.5 Å².